The summed E-state index contributed by atoms with van der Waals surface area (Å²) in [7, 11) is 5.87. The highest BCUT2D eigenvalue weighted by Crippen LogP contribution is 2.28. The van der Waals surface area contributed by atoms with Crippen LogP contribution in [0.15, 0.2) is 29.3 Å². The van der Waals surface area contributed by atoms with Crippen molar-refractivity contribution in [1.29, 1.82) is 0 Å². The first-order valence-electron chi connectivity index (χ1n) is 8.45. The Hall–Kier alpha value is -1.27. The second-order valence-electron chi connectivity index (χ2n) is 6.50. The molecule has 0 radical (unpaired) electrons. The van der Waals surface area contributed by atoms with Crippen molar-refractivity contribution in [1.82, 2.24) is 15.5 Å². The highest BCUT2D eigenvalue weighted by Gasteiger charge is 2.24. The van der Waals surface area contributed by atoms with E-state index in [9.17, 15) is 4.39 Å². The fourth-order valence-corrected chi connectivity index (χ4v) is 3.95. The van der Waals surface area contributed by atoms with Gasteiger partial charge in [0.15, 0.2) is 5.96 Å². The first kappa shape index (κ1) is 19.1. The van der Waals surface area contributed by atoms with Crippen molar-refractivity contribution in [3.05, 3.63) is 35.6 Å². The summed E-state index contributed by atoms with van der Waals surface area (Å²) in [6.45, 7) is 0.719. The van der Waals surface area contributed by atoms with E-state index in [4.69, 9.17) is 0 Å². The zero-order valence-electron chi connectivity index (χ0n) is 15.1. The molecule has 0 aromatic heterocycles. The number of guanidine groups is 1. The summed E-state index contributed by atoms with van der Waals surface area (Å²) in [6.07, 6.45) is 5.84. The number of rotatable bonds is 6. The van der Waals surface area contributed by atoms with Crippen molar-refractivity contribution < 1.29 is 4.39 Å². The van der Waals surface area contributed by atoms with Crippen LogP contribution >= 0.6 is 11.8 Å². The van der Waals surface area contributed by atoms with Crippen molar-refractivity contribution in [2.45, 2.75) is 36.6 Å². The number of hydrogen-bond acceptors (Lipinski definition) is 3. The maximum atomic E-state index is 13.1. The van der Waals surface area contributed by atoms with Gasteiger partial charge in [-0.15, -0.1) is 0 Å². The minimum atomic E-state index is -0.203. The molecule has 1 saturated carbocycles. The Bertz CT molecular complexity index is 532. The Morgan fingerprint density at radius 3 is 2.58 bits per heavy atom. The zero-order chi connectivity index (χ0) is 17.5. The van der Waals surface area contributed by atoms with Gasteiger partial charge in [-0.05, 0) is 57.3 Å². The Labute approximate surface area is 149 Å². The van der Waals surface area contributed by atoms with Crippen LogP contribution in [0.2, 0.25) is 0 Å². The van der Waals surface area contributed by atoms with Gasteiger partial charge in [-0.25, -0.2) is 4.39 Å². The van der Waals surface area contributed by atoms with E-state index in [-0.39, 0.29) is 11.9 Å². The summed E-state index contributed by atoms with van der Waals surface area (Å²) in [6, 6.07) is 7.37. The Morgan fingerprint density at radius 2 is 2.04 bits per heavy atom. The zero-order valence-corrected chi connectivity index (χ0v) is 15.9. The lowest BCUT2D eigenvalue weighted by molar-refractivity contribution is 0.297. The molecule has 0 amide bonds. The number of halogens is 1. The number of aliphatic imine (C=N–C) groups is 1. The Morgan fingerprint density at radius 1 is 1.33 bits per heavy atom. The topological polar surface area (TPSA) is 39.7 Å². The molecule has 3 unspecified atom stereocenters. The number of benzene rings is 1. The van der Waals surface area contributed by atoms with Gasteiger partial charge in [0.25, 0.3) is 0 Å². The lowest BCUT2D eigenvalue weighted by atomic mass is 10.1. The smallest absolute Gasteiger partial charge is 0.191 e. The maximum absolute atomic E-state index is 13.1. The van der Waals surface area contributed by atoms with Crippen LogP contribution in [0, 0.1) is 5.82 Å². The van der Waals surface area contributed by atoms with Crippen LogP contribution in [0.3, 0.4) is 0 Å². The van der Waals surface area contributed by atoms with Crippen molar-refractivity contribution in [3.8, 4) is 0 Å². The van der Waals surface area contributed by atoms with E-state index >= 15 is 0 Å². The van der Waals surface area contributed by atoms with E-state index in [0.29, 0.717) is 6.04 Å². The van der Waals surface area contributed by atoms with Crippen LogP contribution in [-0.2, 0) is 0 Å². The molecular formula is C18H29FN4S. The molecule has 1 aromatic rings. The number of nitrogens with zero attached hydrogens (tertiary/aromatic N) is 2. The fourth-order valence-electron chi connectivity index (χ4n) is 3.15. The predicted octanol–water partition coefficient (Wildman–Crippen LogP) is 2.88. The summed E-state index contributed by atoms with van der Waals surface area (Å²) in [4.78, 5) is 6.48. The molecule has 3 atom stereocenters. The summed E-state index contributed by atoms with van der Waals surface area (Å²) in [5, 5.41) is 7.71. The molecule has 2 rings (SSSR count). The molecule has 1 aliphatic carbocycles. The molecule has 0 aliphatic heterocycles. The lowest BCUT2D eigenvalue weighted by Crippen LogP contribution is -2.45. The summed E-state index contributed by atoms with van der Waals surface area (Å²) in [5.74, 6) is 0.641. The second kappa shape index (κ2) is 9.28. The molecule has 134 valence electrons. The van der Waals surface area contributed by atoms with E-state index < -0.39 is 0 Å². The molecular weight excluding hydrogens is 323 g/mol. The summed E-state index contributed by atoms with van der Waals surface area (Å²) >= 11 is 1.95. The first-order valence-corrected chi connectivity index (χ1v) is 9.74. The van der Waals surface area contributed by atoms with Crippen LogP contribution in [-0.4, -0.2) is 56.1 Å². The van der Waals surface area contributed by atoms with Gasteiger partial charge < -0.3 is 15.5 Å². The number of likely N-dealkylation sites (N-methyl/N-ethyl adjacent to an activating group) is 1. The molecule has 1 aromatic carbocycles. The van der Waals surface area contributed by atoms with Gasteiger partial charge in [-0.3, -0.25) is 4.99 Å². The van der Waals surface area contributed by atoms with Crippen LogP contribution < -0.4 is 10.6 Å². The predicted molar refractivity (Wildman–Crippen MR) is 102 cm³/mol. The standard InChI is InChI=1S/C18H29FN4S/c1-20-18(22-15-9-10-16(11-15)24-4)21-12-17(23(2)3)13-5-7-14(19)8-6-13/h5-8,15-17H,9-12H2,1-4H3,(H2,20,21,22). The van der Waals surface area contributed by atoms with Crippen LogP contribution in [0.4, 0.5) is 4.39 Å². The number of nitrogens with one attached hydrogen (secondary N) is 2. The van der Waals surface area contributed by atoms with Gasteiger partial charge in [-0.1, -0.05) is 12.1 Å². The quantitative estimate of drug-likeness (QED) is 0.610. The van der Waals surface area contributed by atoms with Gasteiger partial charge >= 0.3 is 0 Å². The molecule has 0 bridgehead atoms. The normalized spacial score (nSPS) is 22.7. The van der Waals surface area contributed by atoms with Gasteiger partial charge in [0, 0.05) is 24.9 Å². The van der Waals surface area contributed by atoms with Crippen LogP contribution in [0.5, 0.6) is 0 Å². The number of hydrogen-bond donors (Lipinski definition) is 2. The molecule has 0 saturated heterocycles. The first-order chi connectivity index (χ1) is 11.5. The molecule has 1 aliphatic rings. The van der Waals surface area contributed by atoms with Gasteiger partial charge in [-0.2, -0.15) is 11.8 Å². The van der Waals surface area contributed by atoms with Crippen molar-refractivity contribution in [2.24, 2.45) is 4.99 Å². The molecule has 1 fully saturated rings. The molecule has 2 N–H and O–H groups in total. The van der Waals surface area contributed by atoms with E-state index in [1.54, 1.807) is 7.05 Å². The monoisotopic (exact) mass is 352 g/mol. The van der Waals surface area contributed by atoms with E-state index in [1.165, 1.54) is 31.4 Å². The number of thioether (sulfide) groups is 1. The molecule has 6 heteroatoms. The Balaban J connectivity index is 1.91. The average Bonchev–Trinajstić information content (AvgIpc) is 3.03. The van der Waals surface area contributed by atoms with E-state index in [0.717, 1.165) is 23.3 Å². The van der Waals surface area contributed by atoms with E-state index in [2.05, 4.69) is 26.8 Å². The van der Waals surface area contributed by atoms with E-state index in [1.807, 2.05) is 38.0 Å². The second-order valence-corrected chi connectivity index (χ2v) is 7.63. The average molecular weight is 353 g/mol. The van der Waals surface area contributed by atoms with Gasteiger partial charge in [0.2, 0.25) is 0 Å². The third-order valence-corrected chi connectivity index (χ3v) is 5.72. The van der Waals surface area contributed by atoms with Crippen molar-refractivity contribution in [2.75, 3.05) is 33.9 Å². The highest BCUT2D eigenvalue weighted by molar-refractivity contribution is 7.99. The van der Waals surface area contributed by atoms with Gasteiger partial charge in [0.1, 0.15) is 5.82 Å². The molecule has 4 nitrogen and oxygen atoms in total. The maximum Gasteiger partial charge on any atom is 0.191 e. The third-order valence-electron chi connectivity index (χ3n) is 4.62. The van der Waals surface area contributed by atoms with Crippen molar-refractivity contribution in [3.63, 3.8) is 0 Å². The highest BCUT2D eigenvalue weighted by atomic mass is 32.2. The van der Waals surface area contributed by atoms with Gasteiger partial charge in [0.05, 0.1) is 6.04 Å². The molecule has 24 heavy (non-hydrogen) atoms. The third kappa shape index (κ3) is 5.38. The summed E-state index contributed by atoms with van der Waals surface area (Å²) in [5.41, 5.74) is 1.09. The summed E-state index contributed by atoms with van der Waals surface area (Å²) < 4.78 is 13.1. The Kier molecular flexibility index (Phi) is 7.37. The largest absolute Gasteiger partial charge is 0.354 e. The molecule has 0 heterocycles. The fraction of sp³-hybridized carbons (Fsp3) is 0.611. The minimum absolute atomic E-state index is 0.159. The molecule has 0 spiro atoms. The minimum Gasteiger partial charge on any atom is -0.354 e. The van der Waals surface area contributed by atoms with Crippen LogP contribution in [0.1, 0.15) is 30.9 Å². The van der Waals surface area contributed by atoms with Crippen molar-refractivity contribution >= 4 is 17.7 Å². The van der Waals surface area contributed by atoms with Crippen LogP contribution in [0.25, 0.3) is 0 Å². The SMILES string of the molecule is CN=C(NCC(c1ccc(F)cc1)N(C)C)NC1CCC(SC)C1. The lowest BCUT2D eigenvalue weighted by Gasteiger charge is -2.26.